The van der Waals surface area contributed by atoms with Gasteiger partial charge in [-0.1, -0.05) is 0 Å². The first kappa shape index (κ1) is 16.9. The molecule has 1 heterocycles. The Labute approximate surface area is 135 Å². The Morgan fingerprint density at radius 2 is 2.04 bits per heavy atom. The van der Waals surface area contributed by atoms with Crippen LogP contribution in [0.1, 0.15) is 24.8 Å². The van der Waals surface area contributed by atoms with Crippen molar-refractivity contribution in [2.24, 2.45) is 0 Å². The van der Waals surface area contributed by atoms with E-state index >= 15 is 0 Å². The van der Waals surface area contributed by atoms with Crippen molar-refractivity contribution in [3.63, 3.8) is 0 Å². The first-order valence-corrected chi connectivity index (χ1v) is 7.50. The highest BCUT2D eigenvalue weighted by Crippen LogP contribution is 2.25. The summed E-state index contributed by atoms with van der Waals surface area (Å²) in [6.07, 6.45) is 5.16. The average Bonchev–Trinajstić information content (AvgIpc) is 2.59. The Morgan fingerprint density at radius 3 is 2.70 bits per heavy atom. The second-order valence-corrected chi connectivity index (χ2v) is 5.32. The van der Waals surface area contributed by atoms with Crippen LogP contribution < -0.4 is 9.47 Å². The maximum absolute atomic E-state index is 12.3. The highest BCUT2D eigenvalue weighted by molar-refractivity contribution is 5.94. The van der Waals surface area contributed by atoms with Gasteiger partial charge < -0.3 is 19.5 Å². The van der Waals surface area contributed by atoms with Crippen molar-refractivity contribution in [1.29, 1.82) is 0 Å². The summed E-state index contributed by atoms with van der Waals surface area (Å²) in [5, 5.41) is 9.24. The minimum Gasteiger partial charge on any atom is -0.497 e. The Balaban J connectivity index is 2.18. The molecule has 1 N–H and O–H groups in total. The fourth-order valence-corrected chi connectivity index (χ4v) is 2.68. The summed E-state index contributed by atoms with van der Waals surface area (Å²) in [5.74, 6) is 0.00921. The van der Waals surface area contributed by atoms with Crippen LogP contribution in [-0.4, -0.2) is 48.7 Å². The van der Waals surface area contributed by atoms with Crippen LogP contribution in [0.2, 0.25) is 0 Å². The molecule has 23 heavy (non-hydrogen) atoms. The number of carbonyl (C=O) groups is 2. The smallest absolute Gasteiger partial charge is 0.326 e. The van der Waals surface area contributed by atoms with Gasteiger partial charge in [0, 0.05) is 18.2 Å². The van der Waals surface area contributed by atoms with Crippen LogP contribution in [0, 0.1) is 0 Å². The third kappa shape index (κ3) is 4.03. The fourth-order valence-electron chi connectivity index (χ4n) is 2.68. The molecule has 124 valence electrons. The molecule has 1 fully saturated rings. The number of aliphatic carboxylic acids is 1. The predicted molar refractivity (Wildman–Crippen MR) is 85.6 cm³/mol. The van der Waals surface area contributed by atoms with Gasteiger partial charge in [0.15, 0.2) is 0 Å². The largest absolute Gasteiger partial charge is 0.497 e. The first-order chi connectivity index (χ1) is 11.1. The van der Waals surface area contributed by atoms with Gasteiger partial charge in [0.2, 0.25) is 5.91 Å². The molecule has 0 aliphatic carbocycles. The third-order valence-electron chi connectivity index (χ3n) is 3.91. The molecule has 0 radical (unpaired) electrons. The average molecular weight is 319 g/mol. The lowest BCUT2D eigenvalue weighted by Crippen LogP contribution is -2.47. The van der Waals surface area contributed by atoms with Crippen LogP contribution in [0.3, 0.4) is 0 Å². The molecule has 1 aromatic carbocycles. The maximum atomic E-state index is 12.3. The molecule has 1 aliphatic heterocycles. The first-order valence-electron chi connectivity index (χ1n) is 7.50. The molecule has 0 saturated carbocycles. The Hall–Kier alpha value is -2.50. The van der Waals surface area contributed by atoms with Gasteiger partial charge in [0.25, 0.3) is 0 Å². The van der Waals surface area contributed by atoms with Gasteiger partial charge in [0.05, 0.1) is 14.2 Å². The van der Waals surface area contributed by atoms with Crippen LogP contribution >= 0.6 is 0 Å². The van der Waals surface area contributed by atoms with E-state index in [4.69, 9.17) is 9.47 Å². The van der Waals surface area contributed by atoms with Crippen molar-refractivity contribution in [1.82, 2.24) is 4.90 Å². The quantitative estimate of drug-likeness (QED) is 0.842. The van der Waals surface area contributed by atoms with Gasteiger partial charge in [-0.15, -0.1) is 0 Å². The number of rotatable bonds is 5. The number of benzene rings is 1. The van der Waals surface area contributed by atoms with Gasteiger partial charge in [-0.05, 0) is 43.5 Å². The van der Waals surface area contributed by atoms with Crippen LogP contribution in [0.25, 0.3) is 6.08 Å². The van der Waals surface area contributed by atoms with E-state index in [-0.39, 0.29) is 5.91 Å². The van der Waals surface area contributed by atoms with Gasteiger partial charge in [-0.25, -0.2) is 4.79 Å². The summed E-state index contributed by atoms with van der Waals surface area (Å²) < 4.78 is 10.4. The van der Waals surface area contributed by atoms with Gasteiger partial charge >= 0.3 is 5.97 Å². The van der Waals surface area contributed by atoms with Gasteiger partial charge in [-0.2, -0.15) is 0 Å². The fraction of sp³-hybridized carbons (Fsp3) is 0.412. The second-order valence-electron chi connectivity index (χ2n) is 5.32. The minimum absolute atomic E-state index is 0.304. The summed E-state index contributed by atoms with van der Waals surface area (Å²) in [7, 11) is 3.11. The summed E-state index contributed by atoms with van der Waals surface area (Å²) in [6.45, 7) is 0.468. The number of nitrogens with zero attached hydrogens (tertiary/aromatic N) is 1. The topological polar surface area (TPSA) is 76.1 Å². The molecule has 0 spiro atoms. The number of carboxylic acid groups (broad SMARTS) is 1. The number of methoxy groups -OCH3 is 2. The lowest BCUT2D eigenvalue weighted by atomic mass is 10.0. The number of hydrogen-bond acceptors (Lipinski definition) is 4. The van der Waals surface area contributed by atoms with Crippen molar-refractivity contribution in [2.45, 2.75) is 25.3 Å². The third-order valence-corrected chi connectivity index (χ3v) is 3.91. The zero-order valence-electron chi connectivity index (χ0n) is 13.3. The number of likely N-dealkylation sites (tertiary alicyclic amines) is 1. The molecular formula is C17H21NO5. The Morgan fingerprint density at radius 1 is 1.26 bits per heavy atom. The predicted octanol–water partition coefficient (Wildman–Crippen LogP) is 2.18. The molecule has 1 amide bonds. The number of ether oxygens (including phenoxy) is 2. The minimum atomic E-state index is -0.953. The van der Waals surface area contributed by atoms with Crippen molar-refractivity contribution in [2.75, 3.05) is 20.8 Å². The molecule has 6 heteroatoms. The standard InChI is InChI=1S/C17H21NO5/c1-22-13-7-8-15(23-2)12(11-13)6-9-16(19)18-10-4-3-5-14(18)17(20)21/h6-9,11,14H,3-5,10H2,1-2H3,(H,20,21). The van der Waals surface area contributed by atoms with Gasteiger partial charge in [-0.3, -0.25) is 4.79 Å². The second kappa shape index (κ2) is 7.67. The van der Waals surface area contributed by atoms with E-state index in [2.05, 4.69) is 0 Å². The Kier molecular flexibility index (Phi) is 5.62. The lowest BCUT2D eigenvalue weighted by Gasteiger charge is -2.32. The number of piperidine rings is 1. The highest BCUT2D eigenvalue weighted by Gasteiger charge is 2.30. The molecule has 1 saturated heterocycles. The SMILES string of the molecule is COc1ccc(OC)c(C=CC(=O)N2CCCCC2C(=O)O)c1. The molecular weight excluding hydrogens is 298 g/mol. The van der Waals surface area contributed by atoms with Crippen LogP contribution in [0.15, 0.2) is 24.3 Å². The molecule has 1 unspecified atom stereocenters. The summed E-state index contributed by atoms with van der Waals surface area (Å²) in [6, 6.07) is 4.54. The van der Waals surface area contributed by atoms with Crippen molar-refractivity contribution < 1.29 is 24.2 Å². The van der Waals surface area contributed by atoms with E-state index in [1.165, 1.54) is 11.0 Å². The van der Waals surface area contributed by atoms with Crippen LogP contribution in [0.5, 0.6) is 11.5 Å². The summed E-state index contributed by atoms with van der Waals surface area (Å²) >= 11 is 0. The van der Waals surface area contributed by atoms with E-state index in [0.717, 1.165) is 12.8 Å². The van der Waals surface area contributed by atoms with E-state index in [1.54, 1.807) is 38.5 Å². The molecule has 6 nitrogen and oxygen atoms in total. The van der Waals surface area contributed by atoms with Crippen molar-refractivity contribution >= 4 is 18.0 Å². The number of amides is 1. The molecule has 1 aromatic rings. The maximum Gasteiger partial charge on any atom is 0.326 e. The van der Waals surface area contributed by atoms with E-state index in [9.17, 15) is 14.7 Å². The van der Waals surface area contributed by atoms with Gasteiger partial charge in [0.1, 0.15) is 17.5 Å². The highest BCUT2D eigenvalue weighted by atomic mass is 16.5. The number of carboxylic acids is 1. The lowest BCUT2D eigenvalue weighted by molar-refractivity contribution is -0.150. The molecule has 1 atom stereocenters. The van der Waals surface area contributed by atoms with Crippen molar-refractivity contribution in [3.05, 3.63) is 29.8 Å². The summed E-state index contributed by atoms with van der Waals surface area (Å²) in [5.41, 5.74) is 0.698. The van der Waals surface area contributed by atoms with E-state index < -0.39 is 12.0 Å². The summed E-state index contributed by atoms with van der Waals surface area (Å²) in [4.78, 5) is 25.0. The number of carbonyl (C=O) groups excluding carboxylic acids is 1. The van der Waals surface area contributed by atoms with Crippen molar-refractivity contribution in [3.8, 4) is 11.5 Å². The normalized spacial score (nSPS) is 18.0. The molecule has 2 rings (SSSR count). The molecule has 1 aliphatic rings. The molecule has 0 aromatic heterocycles. The van der Waals surface area contributed by atoms with Crippen LogP contribution in [0.4, 0.5) is 0 Å². The van der Waals surface area contributed by atoms with Crippen LogP contribution in [-0.2, 0) is 9.59 Å². The molecule has 0 bridgehead atoms. The van der Waals surface area contributed by atoms with E-state index in [1.807, 2.05) is 0 Å². The monoisotopic (exact) mass is 319 g/mol. The Bertz CT molecular complexity index is 611. The zero-order chi connectivity index (χ0) is 16.8. The zero-order valence-corrected chi connectivity index (χ0v) is 13.3. The number of hydrogen-bond donors (Lipinski definition) is 1. The van der Waals surface area contributed by atoms with E-state index in [0.29, 0.717) is 30.0 Å².